The summed E-state index contributed by atoms with van der Waals surface area (Å²) in [5, 5.41) is 0. The van der Waals surface area contributed by atoms with E-state index in [1.54, 1.807) is 17.1 Å². The average Bonchev–Trinajstić information content (AvgIpc) is 2.46. The third-order valence-corrected chi connectivity index (χ3v) is 4.30. The fourth-order valence-corrected chi connectivity index (χ4v) is 2.99. The molecule has 0 aromatic heterocycles. The SMILES string of the molecule is C=CCN(CC=C)C(=O)C1CCC1C(N)c1ccccc1. The highest BCUT2D eigenvalue weighted by Gasteiger charge is 2.41. The maximum atomic E-state index is 12.6. The fourth-order valence-electron chi connectivity index (χ4n) is 2.99. The van der Waals surface area contributed by atoms with Gasteiger partial charge in [-0.2, -0.15) is 0 Å². The van der Waals surface area contributed by atoms with Gasteiger partial charge in [0.2, 0.25) is 5.91 Å². The molecular weight excluding hydrogens is 260 g/mol. The van der Waals surface area contributed by atoms with Crippen LogP contribution in [0.3, 0.4) is 0 Å². The Morgan fingerprint density at radius 2 is 1.86 bits per heavy atom. The molecule has 3 unspecified atom stereocenters. The van der Waals surface area contributed by atoms with Crippen molar-refractivity contribution in [3.63, 3.8) is 0 Å². The normalized spacial score (nSPS) is 22.0. The molecule has 1 fully saturated rings. The van der Waals surface area contributed by atoms with Crippen LogP contribution in [-0.2, 0) is 4.79 Å². The van der Waals surface area contributed by atoms with Crippen LogP contribution in [0.2, 0.25) is 0 Å². The molecule has 2 rings (SSSR count). The monoisotopic (exact) mass is 284 g/mol. The van der Waals surface area contributed by atoms with Gasteiger partial charge in [-0.3, -0.25) is 4.79 Å². The van der Waals surface area contributed by atoms with Crippen molar-refractivity contribution < 1.29 is 4.79 Å². The predicted molar refractivity (Wildman–Crippen MR) is 86.6 cm³/mol. The number of rotatable bonds is 7. The molecule has 0 bridgehead atoms. The maximum Gasteiger partial charge on any atom is 0.226 e. The smallest absolute Gasteiger partial charge is 0.226 e. The number of nitrogens with zero attached hydrogens (tertiary/aromatic N) is 1. The molecule has 0 heterocycles. The van der Waals surface area contributed by atoms with E-state index in [2.05, 4.69) is 13.2 Å². The number of carbonyl (C=O) groups excluding carboxylic acids is 1. The van der Waals surface area contributed by atoms with Crippen LogP contribution in [0.1, 0.15) is 24.4 Å². The van der Waals surface area contributed by atoms with Crippen LogP contribution in [0.15, 0.2) is 55.6 Å². The van der Waals surface area contributed by atoms with Crippen LogP contribution >= 0.6 is 0 Å². The van der Waals surface area contributed by atoms with Crippen LogP contribution in [0.4, 0.5) is 0 Å². The van der Waals surface area contributed by atoms with Crippen molar-refractivity contribution in [1.29, 1.82) is 0 Å². The largest absolute Gasteiger partial charge is 0.335 e. The van der Waals surface area contributed by atoms with Crippen molar-refractivity contribution in [1.82, 2.24) is 4.90 Å². The Morgan fingerprint density at radius 1 is 1.24 bits per heavy atom. The third kappa shape index (κ3) is 3.42. The highest BCUT2D eigenvalue weighted by Crippen LogP contribution is 2.42. The first-order valence-electron chi connectivity index (χ1n) is 7.50. The summed E-state index contributed by atoms with van der Waals surface area (Å²) in [5.74, 6) is 0.439. The van der Waals surface area contributed by atoms with Crippen LogP contribution in [0.25, 0.3) is 0 Å². The second-order valence-electron chi connectivity index (χ2n) is 5.60. The zero-order valence-corrected chi connectivity index (χ0v) is 12.4. The predicted octanol–water partition coefficient (Wildman–Crippen LogP) is 2.91. The summed E-state index contributed by atoms with van der Waals surface area (Å²) >= 11 is 0. The van der Waals surface area contributed by atoms with Gasteiger partial charge in [-0.15, -0.1) is 13.2 Å². The minimum Gasteiger partial charge on any atom is -0.335 e. The zero-order valence-electron chi connectivity index (χ0n) is 12.4. The summed E-state index contributed by atoms with van der Waals surface area (Å²) in [4.78, 5) is 14.4. The lowest BCUT2D eigenvalue weighted by atomic mass is 9.67. The maximum absolute atomic E-state index is 12.6. The van der Waals surface area contributed by atoms with Crippen molar-refractivity contribution in [3.05, 3.63) is 61.2 Å². The summed E-state index contributed by atoms with van der Waals surface area (Å²) in [6.07, 6.45) is 5.45. The lowest BCUT2D eigenvalue weighted by molar-refractivity contribution is -0.140. The first-order valence-corrected chi connectivity index (χ1v) is 7.50. The minimum absolute atomic E-state index is 0.0279. The molecule has 0 aliphatic heterocycles. The molecule has 0 saturated heterocycles. The fraction of sp³-hybridized carbons (Fsp3) is 0.389. The lowest BCUT2D eigenvalue weighted by Gasteiger charge is -2.41. The van der Waals surface area contributed by atoms with Crippen LogP contribution in [0.5, 0.6) is 0 Å². The van der Waals surface area contributed by atoms with Crippen molar-refractivity contribution >= 4 is 5.91 Å². The van der Waals surface area contributed by atoms with E-state index >= 15 is 0 Å². The standard InChI is InChI=1S/C18H24N2O/c1-3-12-20(13-4-2)18(21)16-11-10-15(16)17(19)14-8-6-5-7-9-14/h3-9,15-17H,1-2,10-13,19H2. The molecule has 1 saturated carbocycles. The molecule has 0 radical (unpaired) electrons. The molecule has 0 spiro atoms. The molecule has 1 aromatic carbocycles. The van der Waals surface area contributed by atoms with Gasteiger partial charge in [0, 0.05) is 25.0 Å². The molecule has 1 aliphatic rings. The first kappa shape index (κ1) is 15.5. The van der Waals surface area contributed by atoms with Gasteiger partial charge < -0.3 is 10.6 Å². The molecule has 1 aromatic rings. The van der Waals surface area contributed by atoms with E-state index < -0.39 is 0 Å². The van der Waals surface area contributed by atoms with Crippen LogP contribution in [0, 0.1) is 11.8 Å². The molecule has 1 aliphatic carbocycles. The van der Waals surface area contributed by atoms with E-state index in [0.29, 0.717) is 13.1 Å². The first-order chi connectivity index (χ1) is 10.2. The van der Waals surface area contributed by atoms with E-state index in [1.807, 2.05) is 30.3 Å². The van der Waals surface area contributed by atoms with Gasteiger partial charge >= 0.3 is 0 Å². The Kier molecular flexibility index (Phi) is 5.34. The summed E-state index contributed by atoms with van der Waals surface area (Å²) in [6, 6.07) is 9.98. The van der Waals surface area contributed by atoms with E-state index in [1.165, 1.54) is 0 Å². The number of carbonyl (C=O) groups is 1. The van der Waals surface area contributed by atoms with Gasteiger partial charge in [0.05, 0.1) is 0 Å². The van der Waals surface area contributed by atoms with Gasteiger partial charge in [0.1, 0.15) is 0 Å². The minimum atomic E-state index is -0.0665. The summed E-state index contributed by atoms with van der Waals surface area (Å²) < 4.78 is 0. The molecule has 112 valence electrons. The lowest BCUT2D eigenvalue weighted by Crippen LogP contribution is -2.47. The molecule has 2 N–H and O–H groups in total. The Balaban J connectivity index is 2.05. The van der Waals surface area contributed by atoms with Crippen molar-refractivity contribution in [3.8, 4) is 0 Å². The summed E-state index contributed by atoms with van der Waals surface area (Å²) in [7, 11) is 0. The van der Waals surface area contributed by atoms with Crippen LogP contribution in [-0.4, -0.2) is 23.9 Å². The Bertz CT molecular complexity index is 487. The van der Waals surface area contributed by atoms with E-state index in [4.69, 9.17) is 5.73 Å². The second-order valence-corrected chi connectivity index (χ2v) is 5.60. The number of hydrogen-bond donors (Lipinski definition) is 1. The molecule has 3 atom stereocenters. The summed E-state index contributed by atoms with van der Waals surface area (Å²) in [5.41, 5.74) is 7.48. The Morgan fingerprint density at radius 3 is 2.33 bits per heavy atom. The van der Waals surface area contributed by atoms with Gasteiger partial charge in [-0.05, 0) is 24.3 Å². The van der Waals surface area contributed by atoms with Gasteiger partial charge in [-0.1, -0.05) is 42.5 Å². The van der Waals surface area contributed by atoms with Gasteiger partial charge in [0.15, 0.2) is 0 Å². The van der Waals surface area contributed by atoms with Crippen LogP contribution < -0.4 is 5.73 Å². The number of hydrogen-bond acceptors (Lipinski definition) is 2. The number of nitrogens with two attached hydrogens (primary N) is 1. The molecule has 21 heavy (non-hydrogen) atoms. The van der Waals surface area contributed by atoms with Crippen molar-refractivity contribution in [2.45, 2.75) is 18.9 Å². The van der Waals surface area contributed by atoms with E-state index in [-0.39, 0.29) is 23.8 Å². The van der Waals surface area contributed by atoms with Gasteiger partial charge in [0.25, 0.3) is 0 Å². The van der Waals surface area contributed by atoms with E-state index in [0.717, 1.165) is 18.4 Å². The third-order valence-electron chi connectivity index (χ3n) is 4.30. The summed E-state index contributed by atoms with van der Waals surface area (Å²) in [6.45, 7) is 8.56. The molecule has 3 heteroatoms. The molecule has 3 nitrogen and oxygen atoms in total. The highest BCUT2D eigenvalue weighted by atomic mass is 16.2. The van der Waals surface area contributed by atoms with Gasteiger partial charge in [-0.25, -0.2) is 0 Å². The zero-order chi connectivity index (χ0) is 15.2. The Labute approximate surface area is 127 Å². The average molecular weight is 284 g/mol. The number of amides is 1. The number of benzene rings is 1. The Hall–Kier alpha value is -1.87. The quantitative estimate of drug-likeness (QED) is 0.783. The van der Waals surface area contributed by atoms with Crippen molar-refractivity contribution in [2.75, 3.05) is 13.1 Å². The van der Waals surface area contributed by atoms with E-state index in [9.17, 15) is 4.79 Å². The van der Waals surface area contributed by atoms with Crippen molar-refractivity contribution in [2.24, 2.45) is 17.6 Å². The topological polar surface area (TPSA) is 46.3 Å². The highest BCUT2D eigenvalue weighted by molar-refractivity contribution is 5.80. The molecule has 1 amide bonds. The molecular formula is C18H24N2O. The second kappa shape index (κ2) is 7.23.